The van der Waals surface area contributed by atoms with Crippen molar-refractivity contribution in [3.63, 3.8) is 0 Å². The van der Waals surface area contributed by atoms with Gasteiger partial charge in [0.25, 0.3) is 5.91 Å². The predicted molar refractivity (Wildman–Crippen MR) is 121 cm³/mol. The Morgan fingerprint density at radius 3 is 2.73 bits per heavy atom. The summed E-state index contributed by atoms with van der Waals surface area (Å²) in [4.78, 5) is 32.6. The number of thioether (sulfide) groups is 1. The number of ether oxygens (including phenoxy) is 1. The van der Waals surface area contributed by atoms with E-state index in [1.165, 1.54) is 0 Å². The zero-order chi connectivity index (χ0) is 21.1. The van der Waals surface area contributed by atoms with Gasteiger partial charge in [-0.1, -0.05) is 29.4 Å². The molecule has 2 aromatic carbocycles. The Hall–Kier alpha value is -2.51. The number of aliphatic imine (C=N–C) groups is 1. The first-order chi connectivity index (χ1) is 14.5. The van der Waals surface area contributed by atoms with Gasteiger partial charge in [-0.25, -0.2) is 4.99 Å². The first kappa shape index (κ1) is 20.8. The fraction of sp³-hybridized carbons (Fsp3) is 0.318. The second-order valence-corrected chi connectivity index (χ2v) is 8.57. The summed E-state index contributed by atoms with van der Waals surface area (Å²) in [6.45, 7) is 3.19. The third kappa shape index (κ3) is 4.47. The summed E-state index contributed by atoms with van der Waals surface area (Å²) in [5, 5.41) is 1.32. The monoisotopic (exact) mass is 443 g/mol. The zero-order valence-electron chi connectivity index (χ0n) is 16.6. The van der Waals surface area contributed by atoms with Gasteiger partial charge in [-0.05, 0) is 55.3 Å². The summed E-state index contributed by atoms with van der Waals surface area (Å²) < 4.78 is 5.69. The minimum Gasteiger partial charge on any atom is -0.484 e. The molecule has 30 heavy (non-hydrogen) atoms. The van der Waals surface area contributed by atoms with Crippen LogP contribution in [0.5, 0.6) is 5.75 Å². The van der Waals surface area contributed by atoms with Gasteiger partial charge in [-0.3, -0.25) is 14.5 Å². The summed E-state index contributed by atoms with van der Waals surface area (Å²) in [5.74, 6) is 1.39. The van der Waals surface area contributed by atoms with Gasteiger partial charge >= 0.3 is 0 Å². The van der Waals surface area contributed by atoms with Crippen LogP contribution in [0.25, 0.3) is 0 Å². The van der Waals surface area contributed by atoms with E-state index in [4.69, 9.17) is 16.3 Å². The molecule has 2 aliphatic rings. The number of rotatable bonds is 5. The van der Waals surface area contributed by atoms with Crippen molar-refractivity contribution in [3.05, 3.63) is 53.1 Å². The van der Waals surface area contributed by atoms with Crippen LogP contribution in [-0.4, -0.2) is 47.3 Å². The normalized spacial score (nSPS) is 17.8. The molecule has 0 unspecified atom stereocenters. The van der Waals surface area contributed by atoms with Crippen LogP contribution in [0, 0.1) is 6.92 Å². The van der Waals surface area contributed by atoms with E-state index in [-0.39, 0.29) is 18.4 Å². The van der Waals surface area contributed by atoms with Gasteiger partial charge in [0.1, 0.15) is 5.75 Å². The fourth-order valence-electron chi connectivity index (χ4n) is 3.41. The van der Waals surface area contributed by atoms with Gasteiger partial charge in [0, 0.05) is 36.0 Å². The molecule has 0 aliphatic carbocycles. The molecule has 2 aliphatic heterocycles. The predicted octanol–water partition coefficient (Wildman–Crippen LogP) is 4.42. The zero-order valence-corrected chi connectivity index (χ0v) is 18.2. The first-order valence-corrected chi connectivity index (χ1v) is 11.2. The van der Waals surface area contributed by atoms with Crippen molar-refractivity contribution >= 4 is 51.7 Å². The van der Waals surface area contributed by atoms with Crippen LogP contribution < -0.4 is 9.64 Å². The Morgan fingerprint density at radius 1 is 1.20 bits per heavy atom. The molecule has 0 N–H and O–H groups in total. The molecule has 156 valence electrons. The molecule has 0 bridgehead atoms. The lowest BCUT2D eigenvalue weighted by Gasteiger charge is -2.18. The second kappa shape index (κ2) is 9.10. The van der Waals surface area contributed by atoms with Crippen LogP contribution >= 0.6 is 23.4 Å². The average Bonchev–Trinajstić information content (AvgIpc) is 3.39. The van der Waals surface area contributed by atoms with Crippen molar-refractivity contribution in [2.75, 3.05) is 30.3 Å². The Morgan fingerprint density at radius 2 is 2.00 bits per heavy atom. The van der Waals surface area contributed by atoms with E-state index in [1.54, 1.807) is 33.7 Å². The highest BCUT2D eigenvalue weighted by Gasteiger charge is 2.26. The second-order valence-electron chi connectivity index (χ2n) is 7.10. The minimum absolute atomic E-state index is 0.0733. The van der Waals surface area contributed by atoms with Crippen LogP contribution in [0.3, 0.4) is 0 Å². The molecule has 0 aromatic heterocycles. The van der Waals surface area contributed by atoms with Crippen LogP contribution in [0.1, 0.15) is 18.4 Å². The summed E-state index contributed by atoms with van der Waals surface area (Å²) >= 11 is 7.72. The Balaban J connectivity index is 1.39. The Bertz CT molecular complexity index is 994. The molecule has 2 aromatic rings. The molecule has 0 radical (unpaired) electrons. The van der Waals surface area contributed by atoms with E-state index in [1.807, 2.05) is 37.3 Å². The van der Waals surface area contributed by atoms with Crippen molar-refractivity contribution in [2.45, 2.75) is 19.8 Å². The van der Waals surface area contributed by atoms with E-state index < -0.39 is 0 Å². The lowest BCUT2D eigenvalue weighted by molar-refractivity contribution is -0.129. The number of anilines is 1. The quantitative estimate of drug-likeness (QED) is 0.686. The summed E-state index contributed by atoms with van der Waals surface area (Å²) in [7, 11) is 0. The molecule has 0 saturated carbocycles. The Labute approximate surface area is 184 Å². The van der Waals surface area contributed by atoms with Crippen molar-refractivity contribution in [3.8, 4) is 5.75 Å². The number of hydrogen-bond donors (Lipinski definition) is 0. The van der Waals surface area contributed by atoms with E-state index >= 15 is 0 Å². The number of amidine groups is 1. The molecule has 4 rings (SSSR count). The highest BCUT2D eigenvalue weighted by molar-refractivity contribution is 8.14. The van der Waals surface area contributed by atoms with Crippen LogP contribution in [0.4, 0.5) is 11.4 Å². The largest absolute Gasteiger partial charge is 0.484 e. The summed E-state index contributed by atoms with van der Waals surface area (Å²) in [5.41, 5.74) is 2.51. The van der Waals surface area contributed by atoms with Gasteiger partial charge in [0.05, 0.1) is 5.69 Å². The number of hydrogen-bond acceptors (Lipinski definition) is 5. The third-order valence-corrected chi connectivity index (χ3v) is 6.48. The number of amides is 2. The maximum absolute atomic E-state index is 12.7. The number of nitrogens with zero attached hydrogens (tertiary/aromatic N) is 3. The van der Waals surface area contributed by atoms with Crippen molar-refractivity contribution in [1.82, 2.24) is 4.90 Å². The molecular formula is C22H22ClN3O3S. The van der Waals surface area contributed by atoms with E-state index in [0.29, 0.717) is 28.9 Å². The molecule has 6 nitrogen and oxygen atoms in total. The van der Waals surface area contributed by atoms with Gasteiger partial charge in [-0.15, -0.1) is 0 Å². The van der Waals surface area contributed by atoms with Gasteiger partial charge in [0.2, 0.25) is 5.91 Å². The molecule has 8 heteroatoms. The van der Waals surface area contributed by atoms with E-state index in [9.17, 15) is 9.59 Å². The van der Waals surface area contributed by atoms with Crippen molar-refractivity contribution in [2.24, 2.45) is 4.99 Å². The van der Waals surface area contributed by atoms with Crippen molar-refractivity contribution in [1.29, 1.82) is 0 Å². The number of carbonyl (C=O) groups excluding carboxylic acids is 2. The maximum Gasteiger partial charge on any atom is 0.266 e. The molecule has 2 amide bonds. The molecular weight excluding hydrogens is 422 g/mol. The van der Waals surface area contributed by atoms with Crippen LogP contribution in [0.15, 0.2) is 47.5 Å². The van der Waals surface area contributed by atoms with E-state index in [0.717, 1.165) is 35.7 Å². The summed E-state index contributed by atoms with van der Waals surface area (Å²) in [6, 6.07) is 12.8. The smallest absolute Gasteiger partial charge is 0.266 e. The SMILES string of the molecule is Cc1c(Cl)cccc1N=C1SCCN1C(=O)COc1ccc(N2CCCC2=O)cc1. The standard InChI is InChI=1S/C22H22ClN3O3S/c1-15-18(23)4-2-5-19(15)24-22-26(12-13-30-22)21(28)14-29-17-9-7-16(8-10-17)25-11-3-6-20(25)27/h2,4-5,7-10H,3,6,11-14H2,1H3. The molecule has 0 atom stereocenters. The van der Waals surface area contributed by atoms with E-state index in [2.05, 4.69) is 4.99 Å². The highest BCUT2D eigenvalue weighted by atomic mass is 35.5. The highest BCUT2D eigenvalue weighted by Crippen LogP contribution is 2.29. The molecule has 0 spiro atoms. The molecule has 2 fully saturated rings. The van der Waals surface area contributed by atoms with Gasteiger partial charge < -0.3 is 9.64 Å². The fourth-order valence-corrected chi connectivity index (χ4v) is 4.55. The van der Waals surface area contributed by atoms with Gasteiger partial charge in [0.15, 0.2) is 11.8 Å². The lowest BCUT2D eigenvalue weighted by atomic mass is 10.2. The number of carbonyl (C=O) groups is 2. The average molecular weight is 444 g/mol. The maximum atomic E-state index is 12.7. The lowest BCUT2D eigenvalue weighted by Crippen LogP contribution is -2.35. The number of halogens is 1. The number of benzene rings is 2. The minimum atomic E-state index is -0.141. The molecule has 2 saturated heterocycles. The Kier molecular flexibility index (Phi) is 6.29. The summed E-state index contributed by atoms with van der Waals surface area (Å²) in [6.07, 6.45) is 1.48. The van der Waals surface area contributed by atoms with Crippen LogP contribution in [-0.2, 0) is 9.59 Å². The topological polar surface area (TPSA) is 62.2 Å². The molecule has 2 heterocycles. The van der Waals surface area contributed by atoms with Crippen LogP contribution in [0.2, 0.25) is 5.02 Å². The third-order valence-electron chi connectivity index (χ3n) is 5.12. The van der Waals surface area contributed by atoms with Gasteiger partial charge in [-0.2, -0.15) is 0 Å². The first-order valence-electron chi connectivity index (χ1n) is 9.83. The van der Waals surface area contributed by atoms with Crippen molar-refractivity contribution < 1.29 is 14.3 Å².